The molecule has 176 valence electrons. The zero-order chi connectivity index (χ0) is 23.8. The molecule has 1 atom stereocenters. The first kappa shape index (κ1) is 24.0. The lowest BCUT2D eigenvalue weighted by atomic mass is 9.77. The largest absolute Gasteiger partial charge is 0.489 e. The molecule has 2 aliphatic carbocycles. The van der Waals surface area contributed by atoms with Crippen molar-refractivity contribution in [2.24, 2.45) is 11.3 Å². The Bertz CT molecular complexity index is 1050. The molecule has 0 spiro atoms. The van der Waals surface area contributed by atoms with Gasteiger partial charge in [0.25, 0.3) is 0 Å². The number of carbonyl (C=O) groups excluding carboxylic acids is 1. The summed E-state index contributed by atoms with van der Waals surface area (Å²) in [7, 11) is 0. The van der Waals surface area contributed by atoms with E-state index in [0.29, 0.717) is 10.4 Å². The lowest BCUT2D eigenvalue weighted by Gasteiger charge is -2.27. The van der Waals surface area contributed by atoms with Crippen molar-refractivity contribution >= 4 is 17.4 Å². The van der Waals surface area contributed by atoms with Crippen molar-refractivity contribution in [2.45, 2.75) is 60.0 Å². The number of hydrogen-bond acceptors (Lipinski definition) is 3. The van der Waals surface area contributed by atoms with Crippen molar-refractivity contribution in [1.29, 1.82) is 0 Å². The lowest BCUT2D eigenvalue weighted by molar-refractivity contribution is 0.103. The van der Waals surface area contributed by atoms with Gasteiger partial charge in [-0.2, -0.15) is 0 Å². The molecular weight excluding hydrogens is 430 g/mol. The van der Waals surface area contributed by atoms with Gasteiger partial charge in [0.15, 0.2) is 5.78 Å². The molecule has 1 saturated heterocycles. The van der Waals surface area contributed by atoms with Crippen LogP contribution in [0.25, 0.3) is 0 Å². The smallest absolute Gasteiger partial charge is 0.193 e. The van der Waals surface area contributed by atoms with Crippen LogP contribution in [0.2, 0.25) is 0 Å². The number of fused-ring (bicyclic) bond motifs is 1. The van der Waals surface area contributed by atoms with Crippen LogP contribution >= 0.6 is 11.6 Å². The summed E-state index contributed by atoms with van der Waals surface area (Å²) < 4.78 is 6.38. The molecule has 4 rings (SSSR count). The highest BCUT2D eigenvalue weighted by atomic mass is 35.5. The molecule has 1 aromatic carbocycles. The van der Waals surface area contributed by atoms with E-state index in [2.05, 4.69) is 51.7 Å². The third-order valence-electron chi connectivity index (χ3n) is 6.54. The van der Waals surface area contributed by atoms with E-state index >= 15 is 0 Å². The van der Waals surface area contributed by atoms with Crippen LogP contribution in [0.5, 0.6) is 5.75 Å². The van der Waals surface area contributed by atoms with Crippen LogP contribution in [0.15, 0.2) is 64.3 Å². The molecule has 0 N–H and O–H groups in total. The first-order chi connectivity index (χ1) is 15.6. The van der Waals surface area contributed by atoms with E-state index < -0.39 is 0 Å². The number of allylic oxidation sites excluding steroid dienone is 8. The van der Waals surface area contributed by atoms with Gasteiger partial charge in [0.2, 0.25) is 0 Å². The van der Waals surface area contributed by atoms with Crippen molar-refractivity contribution in [3.8, 4) is 5.75 Å². The van der Waals surface area contributed by atoms with Crippen LogP contribution in [0.4, 0.5) is 0 Å². The van der Waals surface area contributed by atoms with E-state index in [1.54, 1.807) is 0 Å². The number of Topliss-reactive ketones (excluding diaryl/α,β-unsaturated/α-hetero) is 1. The van der Waals surface area contributed by atoms with Crippen molar-refractivity contribution in [3.05, 3.63) is 75.4 Å². The van der Waals surface area contributed by atoms with Crippen LogP contribution in [0.1, 0.15) is 63.4 Å². The van der Waals surface area contributed by atoms with Crippen LogP contribution in [-0.4, -0.2) is 36.4 Å². The quantitative estimate of drug-likeness (QED) is 0.474. The summed E-state index contributed by atoms with van der Waals surface area (Å²) in [6.45, 7) is 14.3. The molecule has 3 nitrogen and oxygen atoms in total. The molecule has 0 aromatic heterocycles. The van der Waals surface area contributed by atoms with E-state index in [9.17, 15) is 4.79 Å². The highest BCUT2D eigenvalue weighted by Gasteiger charge is 2.30. The van der Waals surface area contributed by atoms with E-state index in [1.165, 1.54) is 5.57 Å². The normalized spacial score (nSPS) is 21.8. The topological polar surface area (TPSA) is 29.5 Å². The predicted molar refractivity (Wildman–Crippen MR) is 137 cm³/mol. The molecule has 1 aromatic rings. The first-order valence-electron chi connectivity index (χ1n) is 12.1. The van der Waals surface area contributed by atoms with Crippen LogP contribution in [-0.2, 0) is 6.42 Å². The SMILES string of the molecule is CC(C)C1=C(C2=CCC=C(Cl)C=C2)C(=O)c2ccc(OC3CCN(CC(C)(C)C)C3)cc2C1. The minimum atomic E-state index is 0.109. The fraction of sp³-hybridized carbons (Fsp3) is 0.483. The highest BCUT2D eigenvalue weighted by Crippen LogP contribution is 2.37. The lowest BCUT2D eigenvalue weighted by Crippen LogP contribution is -2.32. The summed E-state index contributed by atoms with van der Waals surface area (Å²) >= 11 is 6.19. The maximum Gasteiger partial charge on any atom is 0.193 e. The van der Waals surface area contributed by atoms with Gasteiger partial charge in [-0.25, -0.2) is 0 Å². The van der Waals surface area contributed by atoms with E-state index in [-0.39, 0.29) is 17.8 Å². The Labute approximate surface area is 203 Å². The minimum Gasteiger partial charge on any atom is -0.489 e. The summed E-state index contributed by atoms with van der Waals surface area (Å²) in [4.78, 5) is 16.1. The number of ketones is 1. The average molecular weight is 466 g/mol. The molecule has 1 fully saturated rings. The molecule has 1 heterocycles. The fourth-order valence-corrected chi connectivity index (χ4v) is 5.24. The first-order valence-corrected chi connectivity index (χ1v) is 12.5. The minimum absolute atomic E-state index is 0.109. The second-order valence-electron chi connectivity index (χ2n) is 11.0. The number of ether oxygens (including phenoxy) is 1. The molecule has 3 aliphatic rings. The highest BCUT2D eigenvalue weighted by molar-refractivity contribution is 6.31. The summed E-state index contributed by atoms with van der Waals surface area (Å²) in [6, 6.07) is 6.02. The molecule has 0 radical (unpaired) electrons. The van der Waals surface area contributed by atoms with Gasteiger partial charge in [-0.1, -0.05) is 70.0 Å². The maximum atomic E-state index is 13.6. The van der Waals surface area contributed by atoms with Gasteiger partial charge in [0.1, 0.15) is 11.9 Å². The Morgan fingerprint density at radius 3 is 2.70 bits per heavy atom. The number of carbonyl (C=O) groups is 1. The number of rotatable bonds is 5. The van der Waals surface area contributed by atoms with E-state index in [0.717, 1.165) is 66.9 Å². The third-order valence-corrected chi connectivity index (χ3v) is 6.82. The number of likely N-dealkylation sites (tertiary alicyclic amines) is 1. The van der Waals surface area contributed by atoms with E-state index in [4.69, 9.17) is 16.3 Å². The van der Waals surface area contributed by atoms with Gasteiger partial charge < -0.3 is 4.74 Å². The predicted octanol–water partition coefficient (Wildman–Crippen LogP) is 6.89. The zero-order valence-electron chi connectivity index (χ0n) is 20.6. The zero-order valence-corrected chi connectivity index (χ0v) is 21.3. The number of nitrogens with zero attached hydrogens (tertiary/aromatic N) is 1. The second kappa shape index (κ2) is 9.64. The summed E-state index contributed by atoms with van der Waals surface area (Å²) in [5, 5.41) is 0.714. The Morgan fingerprint density at radius 2 is 1.97 bits per heavy atom. The Kier molecular flexibility index (Phi) is 7.02. The molecule has 0 amide bonds. The van der Waals surface area contributed by atoms with Crippen molar-refractivity contribution in [1.82, 2.24) is 4.90 Å². The standard InChI is InChI=1S/C29H36ClNO2/c1-19(2)26-16-21-15-23(33-24-13-14-31(17-24)18-29(3,4)5)11-12-25(21)28(32)27(26)20-7-6-8-22(30)10-9-20/h7-12,15,19,24H,6,13-14,16-18H2,1-5H3. The van der Waals surface area contributed by atoms with Crippen molar-refractivity contribution in [2.75, 3.05) is 19.6 Å². The van der Waals surface area contributed by atoms with E-state index in [1.807, 2.05) is 30.4 Å². The Balaban J connectivity index is 1.54. The van der Waals surface area contributed by atoms with Crippen LogP contribution in [0, 0.1) is 11.3 Å². The Hall–Kier alpha value is -2.10. The summed E-state index contributed by atoms with van der Waals surface area (Å²) in [6.07, 6.45) is 10.7. The maximum absolute atomic E-state index is 13.6. The third kappa shape index (κ3) is 5.70. The number of benzene rings is 1. The van der Waals surface area contributed by atoms with Crippen LogP contribution in [0.3, 0.4) is 0 Å². The van der Waals surface area contributed by atoms with Gasteiger partial charge >= 0.3 is 0 Å². The molecule has 1 unspecified atom stereocenters. The van der Waals surface area contributed by atoms with Crippen molar-refractivity contribution in [3.63, 3.8) is 0 Å². The van der Waals surface area contributed by atoms with Gasteiger partial charge in [0.05, 0.1) is 0 Å². The Morgan fingerprint density at radius 1 is 1.18 bits per heavy atom. The number of hydrogen-bond donors (Lipinski definition) is 0. The van der Waals surface area contributed by atoms with Gasteiger partial charge in [-0.05, 0) is 66.0 Å². The molecule has 0 bridgehead atoms. The van der Waals surface area contributed by atoms with Crippen molar-refractivity contribution < 1.29 is 9.53 Å². The summed E-state index contributed by atoms with van der Waals surface area (Å²) in [5.74, 6) is 1.27. The molecule has 33 heavy (non-hydrogen) atoms. The molecular formula is C29H36ClNO2. The number of halogens is 1. The summed E-state index contributed by atoms with van der Waals surface area (Å²) in [5.41, 5.74) is 5.17. The second-order valence-corrected chi connectivity index (χ2v) is 11.5. The van der Waals surface area contributed by atoms with Crippen LogP contribution < -0.4 is 4.74 Å². The average Bonchev–Trinajstić information content (AvgIpc) is 3.03. The molecule has 0 saturated carbocycles. The van der Waals surface area contributed by atoms with Gasteiger partial charge in [-0.3, -0.25) is 9.69 Å². The monoisotopic (exact) mass is 465 g/mol. The van der Waals surface area contributed by atoms with Gasteiger partial charge in [0, 0.05) is 35.8 Å². The van der Waals surface area contributed by atoms with Gasteiger partial charge in [-0.15, -0.1) is 0 Å². The fourth-order valence-electron chi connectivity index (χ4n) is 5.08. The molecule has 1 aliphatic heterocycles. The molecule has 4 heteroatoms.